The Morgan fingerprint density at radius 2 is 1.38 bits per heavy atom. The van der Waals surface area contributed by atoms with E-state index >= 15 is 0 Å². The molecule has 2 heterocycles. The lowest BCUT2D eigenvalue weighted by molar-refractivity contribution is -0.143. The van der Waals surface area contributed by atoms with Gasteiger partial charge in [0.05, 0.1) is 11.0 Å². The Morgan fingerprint density at radius 3 is 2.03 bits per heavy atom. The Kier molecular flexibility index (Phi) is 6.73. The van der Waals surface area contributed by atoms with Gasteiger partial charge in [0, 0.05) is 34.3 Å². The topological polar surface area (TPSA) is 70.3 Å². The van der Waals surface area contributed by atoms with Gasteiger partial charge in [-0.25, -0.2) is 0 Å². The molecule has 186 valence electrons. The summed E-state index contributed by atoms with van der Waals surface area (Å²) < 4.78 is 9.32. The average molecular weight is 493 g/mol. The molecule has 0 aliphatic rings. The second-order valence-electron chi connectivity index (χ2n) is 9.21. The normalized spacial score (nSPS) is 11.2. The summed E-state index contributed by atoms with van der Waals surface area (Å²) in [4.78, 5) is 38.8. The lowest BCUT2D eigenvalue weighted by Gasteiger charge is -2.14. The lowest BCUT2D eigenvalue weighted by Crippen LogP contribution is -2.21. The van der Waals surface area contributed by atoms with E-state index in [1.807, 2.05) is 62.4 Å². The Labute approximate surface area is 214 Å². The number of hydrogen-bond donors (Lipinski definition) is 0. The van der Waals surface area contributed by atoms with Crippen LogP contribution in [0.1, 0.15) is 27.3 Å². The van der Waals surface area contributed by atoms with E-state index in [2.05, 4.69) is 16.7 Å². The molecule has 0 spiro atoms. The number of ether oxygens (including phenoxy) is 1. The highest BCUT2D eigenvalue weighted by Gasteiger charge is 2.19. The average Bonchev–Trinajstić information content (AvgIpc) is 3.21. The van der Waals surface area contributed by atoms with E-state index in [-0.39, 0.29) is 24.4 Å². The number of esters is 1. The Balaban J connectivity index is 1.31. The molecule has 0 aliphatic carbocycles. The molecule has 0 radical (unpaired) electrons. The van der Waals surface area contributed by atoms with Gasteiger partial charge in [0.2, 0.25) is 5.78 Å². The molecule has 0 unspecified atom stereocenters. The third-order valence-corrected chi connectivity index (χ3v) is 6.87. The van der Waals surface area contributed by atoms with E-state index in [1.54, 1.807) is 28.8 Å². The van der Waals surface area contributed by atoms with E-state index < -0.39 is 5.97 Å². The van der Waals surface area contributed by atoms with Crippen molar-refractivity contribution in [1.82, 2.24) is 9.13 Å². The molecule has 0 saturated carbocycles. The highest BCUT2D eigenvalue weighted by molar-refractivity contribution is 5.99. The van der Waals surface area contributed by atoms with Crippen LogP contribution >= 0.6 is 0 Å². The molecular formula is C31H28N2O4. The molecule has 6 heteroatoms. The van der Waals surface area contributed by atoms with Gasteiger partial charge in [0.15, 0.2) is 12.0 Å². The van der Waals surface area contributed by atoms with Gasteiger partial charge in [-0.2, -0.15) is 0 Å². The smallest absolute Gasteiger partial charge is 0.326 e. The van der Waals surface area contributed by atoms with Crippen molar-refractivity contribution in [2.45, 2.75) is 33.4 Å². The van der Waals surface area contributed by atoms with E-state index in [9.17, 15) is 14.4 Å². The maximum absolute atomic E-state index is 13.0. The fraction of sp³-hybridized carbons (Fsp3) is 0.194. The summed E-state index contributed by atoms with van der Waals surface area (Å²) in [7, 11) is 0. The minimum atomic E-state index is -0.537. The Hall–Kier alpha value is -4.45. The molecule has 0 N–H and O–H groups in total. The highest BCUT2D eigenvalue weighted by atomic mass is 16.5. The van der Waals surface area contributed by atoms with Gasteiger partial charge in [-0.1, -0.05) is 54.6 Å². The molecule has 0 aliphatic heterocycles. The molecule has 0 fully saturated rings. The molecule has 5 aromatic rings. The van der Waals surface area contributed by atoms with Crippen molar-refractivity contribution in [2.24, 2.45) is 0 Å². The van der Waals surface area contributed by atoms with Crippen molar-refractivity contribution in [2.75, 3.05) is 6.61 Å². The van der Waals surface area contributed by atoms with E-state index in [0.717, 1.165) is 24.4 Å². The quantitative estimate of drug-likeness (QED) is 0.169. The van der Waals surface area contributed by atoms with Crippen LogP contribution in [-0.4, -0.2) is 27.5 Å². The fourth-order valence-electron chi connectivity index (χ4n) is 4.96. The molecular weight excluding hydrogens is 464 g/mol. The van der Waals surface area contributed by atoms with Crippen LogP contribution < -0.4 is 5.43 Å². The number of ketones is 1. The molecule has 0 amide bonds. The number of rotatable bonds is 8. The zero-order valence-electron chi connectivity index (χ0n) is 20.9. The number of fused-ring (bicyclic) bond motifs is 2. The molecule has 37 heavy (non-hydrogen) atoms. The summed E-state index contributed by atoms with van der Waals surface area (Å²) in [5, 5.41) is 1.07. The first-order chi connectivity index (χ1) is 17.9. The van der Waals surface area contributed by atoms with Crippen molar-refractivity contribution < 1.29 is 14.3 Å². The molecule has 5 rings (SSSR count). The van der Waals surface area contributed by atoms with Crippen LogP contribution in [0, 0.1) is 13.8 Å². The van der Waals surface area contributed by atoms with E-state index in [1.165, 1.54) is 5.56 Å². The monoisotopic (exact) mass is 492 g/mol. The minimum Gasteiger partial charge on any atom is -0.456 e. The first-order valence-electron chi connectivity index (χ1n) is 12.3. The number of Topliss-reactive ketones (excluding diaryl/α,β-unsaturated/α-hetero) is 1. The van der Waals surface area contributed by atoms with Gasteiger partial charge in [0.1, 0.15) is 6.54 Å². The van der Waals surface area contributed by atoms with Crippen molar-refractivity contribution >= 4 is 33.6 Å². The van der Waals surface area contributed by atoms with E-state index in [0.29, 0.717) is 27.4 Å². The second kappa shape index (κ2) is 10.3. The summed E-state index contributed by atoms with van der Waals surface area (Å²) in [5.41, 5.74) is 4.89. The standard InChI is InChI=1S/C31H28N2O4/c1-21-18-26(22(2)32(21)17-16-23-10-4-3-5-11-23)29(34)20-37-30(35)19-33-27-14-8-6-12-24(27)31(36)25-13-7-9-15-28(25)33/h3-15,18H,16-17,19-20H2,1-2H3. The maximum Gasteiger partial charge on any atom is 0.326 e. The van der Waals surface area contributed by atoms with Crippen molar-refractivity contribution in [3.8, 4) is 0 Å². The van der Waals surface area contributed by atoms with Crippen molar-refractivity contribution in [3.05, 3.63) is 118 Å². The SMILES string of the molecule is Cc1cc(C(=O)COC(=O)Cn2c3ccccc3c(=O)c3ccccc32)c(C)n1CCc1ccccc1. The fourth-order valence-corrected chi connectivity index (χ4v) is 4.96. The zero-order valence-corrected chi connectivity index (χ0v) is 20.9. The minimum absolute atomic E-state index is 0.0754. The Bertz CT molecular complexity index is 1620. The number of aryl methyl sites for hydroxylation is 2. The molecule has 6 nitrogen and oxygen atoms in total. The third-order valence-electron chi connectivity index (χ3n) is 6.87. The van der Waals surface area contributed by atoms with Gasteiger partial charge in [0.25, 0.3) is 0 Å². The van der Waals surface area contributed by atoms with Gasteiger partial charge in [-0.05, 0) is 56.2 Å². The number of aromatic nitrogens is 2. The van der Waals surface area contributed by atoms with E-state index in [4.69, 9.17) is 4.74 Å². The predicted octanol–water partition coefficient (Wildman–Crippen LogP) is 5.24. The Morgan fingerprint density at radius 1 is 0.784 bits per heavy atom. The number of para-hydroxylation sites is 2. The lowest BCUT2D eigenvalue weighted by atomic mass is 10.1. The van der Waals surface area contributed by atoms with Crippen LogP contribution in [0.15, 0.2) is 89.7 Å². The van der Waals surface area contributed by atoms with Crippen molar-refractivity contribution in [3.63, 3.8) is 0 Å². The summed E-state index contributed by atoms with van der Waals surface area (Å²) in [6.45, 7) is 4.22. The number of benzene rings is 3. The van der Waals surface area contributed by atoms with Crippen LogP contribution in [0.3, 0.4) is 0 Å². The number of nitrogens with zero attached hydrogens (tertiary/aromatic N) is 2. The first kappa shape index (κ1) is 24.3. The number of carbonyl (C=O) groups excluding carboxylic acids is 2. The largest absolute Gasteiger partial charge is 0.456 e. The molecule has 0 atom stereocenters. The number of hydrogen-bond acceptors (Lipinski definition) is 4. The van der Waals surface area contributed by atoms with Gasteiger partial charge in [-0.15, -0.1) is 0 Å². The first-order valence-corrected chi connectivity index (χ1v) is 12.3. The van der Waals surface area contributed by atoms with Crippen LogP contribution in [-0.2, 0) is 29.0 Å². The predicted molar refractivity (Wildman–Crippen MR) is 145 cm³/mol. The van der Waals surface area contributed by atoms with Gasteiger partial charge in [-0.3, -0.25) is 14.4 Å². The van der Waals surface area contributed by atoms with Gasteiger partial charge < -0.3 is 13.9 Å². The number of carbonyl (C=O) groups is 2. The van der Waals surface area contributed by atoms with Crippen LogP contribution in [0.4, 0.5) is 0 Å². The summed E-state index contributed by atoms with van der Waals surface area (Å²) in [6, 6.07) is 26.5. The second-order valence-corrected chi connectivity index (χ2v) is 9.21. The van der Waals surface area contributed by atoms with Crippen LogP contribution in [0.25, 0.3) is 21.8 Å². The molecule has 3 aromatic carbocycles. The third kappa shape index (κ3) is 4.83. The van der Waals surface area contributed by atoms with Gasteiger partial charge >= 0.3 is 5.97 Å². The van der Waals surface area contributed by atoms with Crippen molar-refractivity contribution in [1.29, 1.82) is 0 Å². The number of pyridine rings is 1. The highest BCUT2D eigenvalue weighted by Crippen LogP contribution is 2.20. The maximum atomic E-state index is 13.0. The van der Waals surface area contributed by atoms with Crippen LogP contribution in [0.2, 0.25) is 0 Å². The summed E-state index contributed by atoms with van der Waals surface area (Å²) in [5.74, 6) is -0.771. The summed E-state index contributed by atoms with van der Waals surface area (Å²) in [6.07, 6.45) is 0.862. The summed E-state index contributed by atoms with van der Waals surface area (Å²) >= 11 is 0. The molecule has 2 aromatic heterocycles. The molecule has 0 saturated heterocycles. The zero-order chi connectivity index (χ0) is 25.9. The van der Waals surface area contributed by atoms with Crippen LogP contribution in [0.5, 0.6) is 0 Å². The molecule has 0 bridgehead atoms.